The zero-order valence-electron chi connectivity index (χ0n) is 13.5. The predicted octanol–water partition coefficient (Wildman–Crippen LogP) is 5.49. The minimum absolute atomic E-state index is 0.0174. The summed E-state index contributed by atoms with van der Waals surface area (Å²) in [5, 5.41) is 0. The molecule has 1 aliphatic rings. The number of fused-ring (bicyclic) bond motifs is 1. The molecule has 1 aromatic heterocycles. The second kappa shape index (κ2) is 6.06. The Morgan fingerprint density at radius 1 is 0.960 bits per heavy atom. The highest BCUT2D eigenvalue weighted by atomic mass is 19.4. The standard InChI is InChI=1S/C20H17F3N2/c21-20(22,23)18-10-4-3-8-16(18)15-7-1-2-9-17(15)19-11-5-6-14-12-24-13-25(14)19/h1-4,7-10,12-13,19H,5-6,11H2/t19-/m0/s1. The number of nitrogens with zero attached hydrogens (tertiary/aromatic N) is 2. The molecule has 0 N–H and O–H groups in total. The molecule has 5 heteroatoms. The minimum Gasteiger partial charge on any atom is -0.327 e. The van der Waals surface area contributed by atoms with Gasteiger partial charge in [0.2, 0.25) is 0 Å². The summed E-state index contributed by atoms with van der Waals surface area (Å²) in [5.41, 5.74) is 2.33. The number of hydrogen-bond donors (Lipinski definition) is 0. The SMILES string of the molecule is FC(F)(F)c1ccccc1-c1ccccc1[C@@H]1CCCc2cncn21. The first-order valence-electron chi connectivity index (χ1n) is 8.32. The summed E-state index contributed by atoms with van der Waals surface area (Å²) in [6.07, 6.45) is 2.11. The van der Waals surface area contributed by atoms with Crippen LogP contribution in [-0.4, -0.2) is 9.55 Å². The number of rotatable bonds is 2. The number of aromatic nitrogens is 2. The Kier molecular flexibility index (Phi) is 3.86. The number of halogens is 3. The van der Waals surface area contributed by atoms with Crippen molar-refractivity contribution in [1.82, 2.24) is 9.55 Å². The first-order valence-corrected chi connectivity index (χ1v) is 8.32. The molecule has 0 saturated carbocycles. The zero-order chi connectivity index (χ0) is 17.4. The second-order valence-corrected chi connectivity index (χ2v) is 6.33. The lowest BCUT2D eigenvalue weighted by Gasteiger charge is -2.28. The van der Waals surface area contributed by atoms with Crippen LogP contribution in [0.25, 0.3) is 11.1 Å². The molecule has 0 saturated heterocycles. The van der Waals surface area contributed by atoms with Gasteiger partial charge < -0.3 is 4.57 Å². The lowest BCUT2D eigenvalue weighted by Crippen LogP contribution is -2.18. The van der Waals surface area contributed by atoms with E-state index < -0.39 is 11.7 Å². The van der Waals surface area contributed by atoms with E-state index in [0.717, 1.165) is 36.6 Å². The van der Waals surface area contributed by atoms with Crippen LogP contribution < -0.4 is 0 Å². The normalized spacial score (nSPS) is 17.3. The van der Waals surface area contributed by atoms with Crippen LogP contribution in [0.2, 0.25) is 0 Å². The predicted molar refractivity (Wildman–Crippen MR) is 90.2 cm³/mol. The van der Waals surface area contributed by atoms with E-state index in [9.17, 15) is 13.2 Å². The maximum absolute atomic E-state index is 13.5. The minimum atomic E-state index is -4.38. The Labute approximate surface area is 143 Å². The summed E-state index contributed by atoms with van der Waals surface area (Å²) in [4.78, 5) is 4.22. The molecule has 0 spiro atoms. The van der Waals surface area contributed by atoms with Crippen LogP contribution in [0, 0.1) is 0 Å². The fraction of sp³-hybridized carbons (Fsp3) is 0.250. The van der Waals surface area contributed by atoms with E-state index >= 15 is 0 Å². The third-order valence-corrected chi connectivity index (χ3v) is 4.83. The van der Waals surface area contributed by atoms with Gasteiger partial charge in [-0.3, -0.25) is 0 Å². The van der Waals surface area contributed by atoms with Gasteiger partial charge >= 0.3 is 6.18 Å². The molecule has 2 aromatic carbocycles. The van der Waals surface area contributed by atoms with Crippen LogP contribution in [0.5, 0.6) is 0 Å². The Morgan fingerprint density at radius 3 is 2.48 bits per heavy atom. The topological polar surface area (TPSA) is 17.8 Å². The molecule has 0 aliphatic carbocycles. The number of aryl methyl sites for hydroxylation is 1. The summed E-state index contributed by atoms with van der Waals surface area (Å²) >= 11 is 0. The molecule has 0 amide bonds. The second-order valence-electron chi connectivity index (χ2n) is 6.33. The number of benzene rings is 2. The van der Waals surface area contributed by atoms with Crippen molar-refractivity contribution in [3.05, 3.63) is 77.9 Å². The van der Waals surface area contributed by atoms with Crippen LogP contribution in [0.15, 0.2) is 61.1 Å². The fourth-order valence-electron chi connectivity index (χ4n) is 3.73. The average Bonchev–Trinajstić information content (AvgIpc) is 3.10. The molecule has 2 nitrogen and oxygen atoms in total. The molecule has 25 heavy (non-hydrogen) atoms. The first kappa shape index (κ1) is 15.9. The van der Waals surface area contributed by atoms with E-state index in [0.29, 0.717) is 5.56 Å². The molecule has 3 aromatic rings. The molecular weight excluding hydrogens is 325 g/mol. The summed E-state index contributed by atoms with van der Waals surface area (Å²) in [5.74, 6) is 0. The maximum atomic E-state index is 13.5. The van der Waals surface area contributed by atoms with Gasteiger partial charge in [0.05, 0.1) is 17.9 Å². The third-order valence-electron chi connectivity index (χ3n) is 4.83. The van der Waals surface area contributed by atoms with E-state index in [1.165, 1.54) is 6.07 Å². The van der Waals surface area contributed by atoms with Crippen LogP contribution in [-0.2, 0) is 12.6 Å². The molecule has 128 valence electrons. The van der Waals surface area contributed by atoms with Crippen molar-refractivity contribution in [2.75, 3.05) is 0 Å². The van der Waals surface area contributed by atoms with Crippen LogP contribution in [0.3, 0.4) is 0 Å². The van der Waals surface area contributed by atoms with E-state index in [4.69, 9.17) is 0 Å². The molecule has 1 atom stereocenters. The average molecular weight is 342 g/mol. The number of hydrogen-bond acceptors (Lipinski definition) is 1. The molecule has 4 rings (SSSR count). The molecule has 0 unspecified atom stereocenters. The summed E-state index contributed by atoms with van der Waals surface area (Å²) in [6, 6.07) is 13.2. The Bertz CT molecular complexity index is 896. The number of alkyl halides is 3. The van der Waals surface area contributed by atoms with Gasteiger partial charge in [0.1, 0.15) is 0 Å². The van der Waals surface area contributed by atoms with Crippen molar-refractivity contribution in [1.29, 1.82) is 0 Å². The van der Waals surface area contributed by atoms with E-state index in [2.05, 4.69) is 9.55 Å². The lowest BCUT2D eigenvalue weighted by atomic mass is 9.88. The smallest absolute Gasteiger partial charge is 0.327 e. The maximum Gasteiger partial charge on any atom is 0.417 e. The third kappa shape index (κ3) is 2.84. The van der Waals surface area contributed by atoms with Crippen LogP contribution >= 0.6 is 0 Å². The fourth-order valence-corrected chi connectivity index (χ4v) is 3.73. The molecule has 2 heterocycles. The van der Waals surface area contributed by atoms with Gasteiger partial charge in [-0.1, -0.05) is 42.5 Å². The summed E-state index contributed by atoms with van der Waals surface area (Å²) in [7, 11) is 0. The van der Waals surface area contributed by atoms with Crippen molar-refractivity contribution in [3.63, 3.8) is 0 Å². The molecule has 0 fully saturated rings. The lowest BCUT2D eigenvalue weighted by molar-refractivity contribution is -0.137. The van der Waals surface area contributed by atoms with E-state index in [-0.39, 0.29) is 11.6 Å². The molecule has 1 aliphatic heterocycles. The molecule has 0 bridgehead atoms. The monoisotopic (exact) mass is 342 g/mol. The highest BCUT2D eigenvalue weighted by Gasteiger charge is 2.34. The van der Waals surface area contributed by atoms with Crippen molar-refractivity contribution >= 4 is 0 Å². The van der Waals surface area contributed by atoms with Gasteiger partial charge in [0, 0.05) is 11.9 Å². The van der Waals surface area contributed by atoms with E-state index in [1.807, 2.05) is 18.3 Å². The van der Waals surface area contributed by atoms with Gasteiger partial charge in [0.25, 0.3) is 0 Å². The van der Waals surface area contributed by atoms with Gasteiger partial charge in [-0.2, -0.15) is 13.2 Å². The summed E-state index contributed by atoms with van der Waals surface area (Å²) in [6.45, 7) is 0. The Hall–Kier alpha value is -2.56. The van der Waals surface area contributed by atoms with E-state index in [1.54, 1.807) is 30.6 Å². The number of imidazole rings is 1. The molecular formula is C20H17F3N2. The van der Waals surface area contributed by atoms with Crippen molar-refractivity contribution < 1.29 is 13.2 Å². The van der Waals surface area contributed by atoms with Crippen LogP contribution in [0.4, 0.5) is 13.2 Å². The Morgan fingerprint density at radius 2 is 1.68 bits per heavy atom. The largest absolute Gasteiger partial charge is 0.417 e. The van der Waals surface area contributed by atoms with Gasteiger partial charge in [0.15, 0.2) is 0 Å². The quantitative estimate of drug-likeness (QED) is 0.602. The van der Waals surface area contributed by atoms with Crippen LogP contribution in [0.1, 0.15) is 35.7 Å². The highest BCUT2D eigenvalue weighted by Crippen LogP contribution is 2.41. The van der Waals surface area contributed by atoms with Gasteiger partial charge in [-0.05, 0) is 42.0 Å². The zero-order valence-corrected chi connectivity index (χ0v) is 13.5. The van der Waals surface area contributed by atoms with Crippen molar-refractivity contribution in [3.8, 4) is 11.1 Å². The summed E-state index contributed by atoms with van der Waals surface area (Å²) < 4.78 is 42.5. The molecule has 0 radical (unpaired) electrons. The first-order chi connectivity index (χ1) is 12.1. The Balaban J connectivity index is 1.88. The highest BCUT2D eigenvalue weighted by molar-refractivity contribution is 5.72. The van der Waals surface area contributed by atoms with Gasteiger partial charge in [-0.15, -0.1) is 0 Å². The van der Waals surface area contributed by atoms with Crippen molar-refractivity contribution in [2.24, 2.45) is 0 Å². The van der Waals surface area contributed by atoms with Gasteiger partial charge in [-0.25, -0.2) is 4.98 Å². The van der Waals surface area contributed by atoms with Crippen molar-refractivity contribution in [2.45, 2.75) is 31.5 Å².